The van der Waals surface area contributed by atoms with Crippen LogP contribution in [0.4, 0.5) is 10.5 Å². The highest BCUT2D eigenvalue weighted by atomic mass is 16.5. The van der Waals surface area contributed by atoms with E-state index in [1.807, 2.05) is 36.4 Å². The third-order valence-corrected chi connectivity index (χ3v) is 5.50. The van der Waals surface area contributed by atoms with Crippen molar-refractivity contribution in [1.82, 2.24) is 10.3 Å². The summed E-state index contributed by atoms with van der Waals surface area (Å²) in [5.41, 5.74) is 5.27. The Morgan fingerprint density at radius 1 is 1.00 bits per heavy atom. The molecule has 3 N–H and O–H groups in total. The molecule has 0 bridgehead atoms. The van der Waals surface area contributed by atoms with Crippen molar-refractivity contribution in [3.05, 3.63) is 83.7 Å². The van der Waals surface area contributed by atoms with Crippen LogP contribution in [0.1, 0.15) is 29.7 Å². The van der Waals surface area contributed by atoms with Crippen molar-refractivity contribution < 1.29 is 24.2 Å². The van der Waals surface area contributed by atoms with Crippen LogP contribution in [0.15, 0.2) is 66.9 Å². The Labute approximate surface area is 190 Å². The molecule has 8 heteroatoms. The maximum Gasteiger partial charge on any atom is 0.407 e. The Balaban J connectivity index is 1.32. The summed E-state index contributed by atoms with van der Waals surface area (Å²) in [6, 6.07) is 18.3. The van der Waals surface area contributed by atoms with Gasteiger partial charge in [-0.05, 0) is 41.3 Å². The molecule has 1 atom stereocenters. The third kappa shape index (κ3) is 5.01. The standard InChI is InChI=1S/C25H23N3O5/c1-15(24(31)28-17-11-10-16(26-13-17)12-23(29)30)27-25(32)33-14-22-20-8-4-2-6-18(20)19-7-3-5-9-21(19)22/h2-11,13,15,22H,12,14H2,1H3,(H,27,32)(H,28,31)(H,29,30)/t15-/m1/s1. The summed E-state index contributed by atoms with van der Waals surface area (Å²) < 4.78 is 5.47. The molecule has 0 radical (unpaired) electrons. The van der Waals surface area contributed by atoms with E-state index in [0.717, 1.165) is 22.3 Å². The molecular weight excluding hydrogens is 422 g/mol. The van der Waals surface area contributed by atoms with Crippen molar-refractivity contribution >= 4 is 23.7 Å². The molecule has 0 unspecified atom stereocenters. The van der Waals surface area contributed by atoms with Crippen molar-refractivity contribution in [2.24, 2.45) is 0 Å². The summed E-state index contributed by atoms with van der Waals surface area (Å²) in [5.74, 6) is -1.50. The zero-order chi connectivity index (χ0) is 23.4. The SMILES string of the molecule is C[C@@H](NC(=O)OCC1c2ccccc2-c2ccccc21)C(=O)Nc1ccc(CC(=O)O)nc1. The molecule has 168 valence electrons. The number of carbonyl (C=O) groups is 3. The lowest BCUT2D eigenvalue weighted by Crippen LogP contribution is -2.42. The summed E-state index contributed by atoms with van der Waals surface area (Å²) in [6.45, 7) is 1.70. The Bertz CT molecular complexity index is 1150. The second-order valence-electron chi connectivity index (χ2n) is 7.79. The Hall–Kier alpha value is -4.20. The van der Waals surface area contributed by atoms with E-state index in [4.69, 9.17) is 9.84 Å². The van der Waals surface area contributed by atoms with Crippen molar-refractivity contribution in [2.75, 3.05) is 11.9 Å². The normalized spacial score (nSPS) is 12.9. The van der Waals surface area contributed by atoms with Crippen LogP contribution in [0.3, 0.4) is 0 Å². The molecule has 4 rings (SSSR count). The molecule has 0 saturated carbocycles. The van der Waals surface area contributed by atoms with Gasteiger partial charge < -0.3 is 20.5 Å². The van der Waals surface area contributed by atoms with Gasteiger partial charge in [-0.1, -0.05) is 48.5 Å². The first kappa shape index (κ1) is 22.0. The fraction of sp³-hybridized carbons (Fsp3) is 0.200. The number of alkyl carbamates (subject to hydrolysis) is 1. The summed E-state index contributed by atoms with van der Waals surface area (Å²) >= 11 is 0. The number of amides is 2. The van der Waals surface area contributed by atoms with Crippen molar-refractivity contribution in [3.8, 4) is 11.1 Å². The molecule has 0 fully saturated rings. The van der Waals surface area contributed by atoms with E-state index in [0.29, 0.717) is 11.4 Å². The summed E-state index contributed by atoms with van der Waals surface area (Å²) in [7, 11) is 0. The highest BCUT2D eigenvalue weighted by Crippen LogP contribution is 2.44. The van der Waals surface area contributed by atoms with Gasteiger partial charge in [-0.2, -0.15) is 0 Å². The monoisotopic (exact) mass is 445 g/mol. The minimum atomic E-state index is -0.986. The maximum absolute atomic E-state index is 12.4. The number of carbonyl (C=O) groups excluding carboxylic acids is 2. The predicted octanol–water partition coefficient (Wildman–Crippen LogP) is 3.57. The summed E-state index contributed by atoms with van der Waals surface area (Å²) in [5, 5.41) is 14.0. The molecule has 1 aromatic heterocycles. The van der Waals surface area contributed by atoms with Gasteiger partial charge in [-0.25, -0.2) is 4.79 Å². The summed E-state index contributed by atoms with van der Waals surface area (Å²) in [6.07, 6.45) is 0.485. The van der Waals surface area contributed by atoms with E-state index in [2.05, 4.69) is 27.8 Å². The van der Waals surface area contributed by atoms with Crippen LogP contribution in [-0.4, -0.2) is 40.7 Å². The number of aliphatic carboxylic acids is 1. The van der Waals surface area contributed by atoms with Crippen molar-refractivity contribution in [3.63, 3.8) is 0 Å². The van der Waals surface area contributed by atoms with Crippen LogP contribution in [-0.2, 0) is 20.7 Å². The molecule has 0 aliphatic heterocycles. The molecule has 2 amide bonds. The van der Waals surface area contributed by atoms with Gasteiger partial charge in [-0.3, -0.25) is 14.6 Å². The van der Waals surface area contributed by atoms with Crippen LogP contribution >= 0.6 is 0 Å². The number of anilines is 1. The lowest BCUT2D eigenvalue weighted by molar-refractivity contribution is -0.136. The number of benzene rings is 2. The first-order valence-electron chi connectivity index (χ1n) is 10.5. The molecule has 1 aliphatic carbocycles. The molecule has 0 spiro atoms. The average molecular weight is 445 g/mol. The fourth-order valence-electron chi connectivity index (χ4n) is 3.89. The number of carboxylic acids is 1. The Morgan fingerprint density at radius 2 is 1.64 bits per heavy atom. The summed E-state index contributed by atoms with van der Waals surface area (Å²) in [4.78, 5) is 39.5. The number of pyridine rings is 1. The molecule has 0 saturated heterocycles. The highest BCUT2D eigenvalue weighted by molar-refractivity contribution is 5.96. The number of rotatable bonds is 7. The van der Waals surface area contributed by atoms with Crippen LogP contribution in [0.5, 0.6) is 0 Å². The number of hydrogen-bond donors (Lipinski definition) is 3. The molecule has 1 aliphatic rings. The molecule has 3 aromatic rings. The van der Waals surface area contributed by atoms with E-state index < -0.39 is 24.0 Å². The van der Waals surface area contributed by atoms with Gasteiger partial charge in [-0.15, -0.1) is 0 Å². The van der Waals surface area contributed by atoms with E-state index in [1.165, 1.54) is 12.3 Å². The number of aromatic nitrogens is 1. The van der Waals surface area contributed by atoms with Gasteiger partial charge in [0.05, 0.1) is 24.0 Å². The highest BCUT2D eigenvalue weighted by Gasteiger charge is 2.29. The van der Waals surface area contributed by atoms with Crippen LogP contribution in [0.2, 0.25) is 0 Å². The lowest BCUT2D eigenvalue weighted by atomic mass is 9.98. The average Bonchev–Trinajstić information content (AvgIpc) is 3.12. The van der Waals surface area contributed by atoms with E-state index >= 15 is 0 Å². The second-order valence-corrected chi connectivity index (χ2v) is 7.79. The van der Waals surface area contributed by atoms with Gasteiger partial charge >= 0.3 is 12.1 Å². The first-order valence-corrected chi connectivity index (χ1v) is 10.5. The van der Waals surface area contributed by atoms with Crippen LogP contribution in [0.25, 0.3) is 11.1 Å². The minimum Gasteiger partial charge on any atom is -0.481 e. The number of hydrogen-bond acceptors (Lipinski definition) is 5. The molecular formula is C25H23N3O5. The molecule has 1 heterocycles. The third-order valence-electron chi connectivity index (χ3n) is 5.50. The maximum atomic E-state index is 12.4. The molecule has 33 heavy (non-hydrogen) atoms. The Morgan fingerprint density at radius 3 is 2.21 bits per heavy atom. The van der Waals surface area contributed by atoms with Gasteiger partial charge in [0.1, 0.15) is 12.6 Å². The van der Waals surface area contributed by atoms with E-state index in [-0.39, 0.29) is 18.9 Å². The number of fused-ring (bicyclic) bond motifs is 3. The zero-order valence-corrected chi connectivity index (χ0v) is 17.9. The fourth-order valence-corrected chi connectivity index (χ4v) is 3.89. The topological polar surface area (TPSA) is 118 Å². The van der Waals surface area contributed by atoms with Crippen molar-refractivity contribution in [2.45, 2.75) is 25.3 Å². The quantitative estimate of drug-likeness (QED) is 0.512. The van der Waals surface area contributed by atoms with E-state index in [9.17, 15) is 14.4 Å². The number of nitrogens with one attached hydrogen (secondary N) is 2. The predicted molar refractivity (Wildman–Crippen MR) is 122 cm³/mol. The number of ether oxygens (including phenoxy) is 1. The van der Waals surface area contributed by atoms with Crippen LogP contribution in [0, 0.1) is 0 Å². The first-order chi connectivity index (χ1) is 15.9. The number of carboxylic acid groups (broad SMARTS) is 1. The van der Waals surface area contributed by atoms with Gasteiger partial charge in [0.15, 0.2) is 0 Å². The Kier molecular flexibility index (Phi) is 6.35. The smallest absolute Gasteiger partial charge is 0.407 e. The lowest BCUT2D eigenvalue weighted by Gasteiger charge is -2.17. The second kappa shape index (κ2) is 9.52. The minimum absolute atomic E-state index is 0.0670. The zero-order valence-electron chi connectivity index (χ0n) is 17.9. The largest absolute Gasteiger partial charge is 0.481 e. The van der Waals surface area contributed by atoms with Crippen molar-refractivity contribution in [1.29, 1.82) is 0 Å². The van der Waals surface area contributed by atoms with Gasteiger partial charge in [0.25, 0.3) is 0 Å². The van der Waals surface area contributed by atoms with Crippen LogP contribution < -0.4 is 10.6 Å². The molecule has 8 nitrogen and oxygen atoms in total. The van der Waals surface area contributed by atoms with E-state index in [1.54, 1.807) is 13.0 Å². The number of nitrogens with zero attached hydrogens (tertiary/aromatic N) is 1. The molecule has 2 aromatic carbocycles. The van der Waals surface area contributed by atoms with Gasteiger partial charge in [0, 0.05) is 5.92 Å². The van der Waals surface area contributed by atoms with Gasteiger partial charge in [0.2, 0.25) is 5.91 Å².